The summed E-state index contributed by atoms with van der Waals surface area (Å²) in [6, 6.07) is 16.5. The molecule has 0 radical (unpaired) electrons. The lowest BCUT2D eigenvalue weighted by Gasteiger charge is -2.29. The van der Waals surface area contributed by atoms with E-state index in [4.69, 9.17) is 14.5 Å². The van der Waals surface area contributed by atoms with Crippen LogP contribution >= 0.6 is 0 Å². The maximum Gasteiger partial charge on any atom is 0.251 e. The Kier molecular flexibility index (Phi) is 6.21. The predicted molar refractivity (Wildman–Crippen MR) is 143 cm³/mol. The Morgan fingerprint density at radius 1 is 1.11 bits per heavy atom. The number of carbonyl (C=O) groups is 1. The molecule has 0 saturated heterocycles. The number of aromatic nitrogens is 2. The molecule has 0 aliphatic carbocycles. The van der Waals surface area contributed by atoms with E-state index in [1.165, 1.54) is 6.07 Å². The number of nitrogens with zero attached hydrogens (tertiary/aromatic N) is 3. The van der Waals surface area contributed by atoms with E-state index in [2.05, 4.69) is 15.2 Å². The molecule has 0 bridgehead atoms. The van der Waals surface area contributed by atoms with Gasteiger partial charge < -0.3 is 19.7 Å². The van der Waals surface area contributed by atoms with Gasteiger partial charge in [0.25, 0.3) is 5.91 Å². The third-order valence-electron chi connectivity index (χ3n) is 6.83. The number of sulfone groups is 1. The summed E-state index contributed by atoms with van der Waals surface area (Å²) in [6.07, 6.45) is 1.73. The predicted octanol–water partition coefficient (Wildman–Crippen LogP) is 3.36. The van der Waals surface area contributed by atoms with Crippen molar-refractivity contribution in [2.75, 3.05) is 37.5 Å². The first-order valence-electron chi connectivity index (χ1n) is 12.3. The highest BCUT2D eigenvalue weighted by atomic mass is 32.2. The minimum absolute atomic E-state index is 0.102. The van der Waals surface area contributed by atoms with Crippen LogP contribution in [-0.4, -0.2) is 56.9 Å². The molecule has 4 aromatic rings. The fraction of sp³-hybridized carbons (Fsp3) is 0.250. The molecule has 2 aliphatic heterocycles. The summed E-state index contributed by atoms with van der Waals surface area (Å²) in [5.41, 5.74) is 4.97. The molecule has 2 aromatic carbocycles. The smallest absolute Gasteiger partial charge is 0.251 e. The first kappa shape index (κ1) is 24.3. The molecule has 4 heterocycles. The Labute approximate surface area is 220 Å². The van der Waals surface area contributed by atoms with Gasteiger partial charge in [0.1, 0.15) is 6.61 Å². The summed E-state index contributed by atoms with van der Waals surface area (Å²) in [4.78, 5) is 24.5. The summed E-state index contributed by atoms with van der Waals surface area (Å²) in [6.45, 7) is 1.96. The van der Waals surface area contributed by atoms with Gasteiger partial charge in [0.15, 0.2) is 15.6 Å². The summed E-state index contributed by atoms with van der Waals surface area (Å²) in [5.74, 6) is 0.341. The summed E-state index contributed by atoms with van der Waals surface area (Å²) in [5, 5.41) is 3.72. The van der Waals surface area contributed by atoms with Crippen molar-refractivity contribution in [1.29, 1.82) is 0 Å². The number of pyridine rings is 2. The molecule has 9 nitrogen and oxygen atoms in total. The van der Waals surface area contributed by atoms with Crippen LogP contribution < -0.4 is 15.0 Å². The van der Waals surface area contributed by atoms with Crippen molar-refractivity contribution in [3.05, 3.63) is 77.6 Å². The standard InChI is InChI=1S/C28H26N4O5S/c1-32-9-10-37-27-22(3-2-4-25(27)32)23-8-7-19-15-29-21(14-24(19)31-23)16-30-28(33)18-5-6-20-17-36-11-12-38(34,35)26(20)13-18/h2-8,13-15H,9-12,16-17H2,1H3,(H,30,33). The molecule has 38 heavy (non-hydrogen) atoms. The largest absolute Gasteiger partial charge is 0.489 e. The Balaban J connectivity index is 1.24. The van der Waals surface area contributed by atoms with E-state index in [0.29, 0.717) is 17.9 Å². The first-order valence-corrected chi connectivity index (χ1v) is 14.0. The summed E-state index contributed by atoms with van der Waals surface area (Å²) >= 11 is 0. The van der Waals surface area contributed by atoms with Crippen LogP contribution in [0.1, 0.15) is 21.6 Å². The Hall–Kier alpha value is -4.02. The van der Waals surface area contributed by atoms with Crippen LogP contribution in [0.2, 0.25) is 0 Å². The Morgan fingerprint density at radius 2 is 2.00 bits per heavy atom. The number of rotatable bonds is 4. The zero-order valence-electron chi connectivity index (χ0n) is 20.8. The third kappa shape index (κ3) is 4.57. The van der Waals surface area contributed by atoms with Crippen molar-refractivity contribution < 1.29 is 22.7 Å². The lowest BCUT2D eigenvalue weighted by Crippen LogP contribution is -2.29. The van der Waals surface area contributed by atoms with E-state index in [-0.39, 0.29) is 41.9 Å². The Morgan fingerprint density at radius 3 is 2.89 bits per heavy atom. The number of ether oxygens (including phenoxy) is 2. The van der Waals surface area contributed by atoms with E-state index >= 15 is 0 Å². The highest BCUT2D eigenvalue weighted by Crippen LogP contribution is 2.39. The van der Waals surface area contributed by atoms with Gasteiger partial charge in [-0.15, -0.1) is 0 Å². The number of hydrogen-bond acceptors (Lipinski definition) is 8. The van der Waals surface area contributed by atoms with Crippen molar-refractivity contribution in [2.45, 2.75) is 18.0 Å². The number of para-hydroxylation sites is 1. The fourth-order valence-electron chi connectivity index (χ4n) is 4.73. The summed E-state index contributed by atoms with van der Waals surface area (Å²) in [7, 11) is -1.45. The van der Waals surface area contributed by atoms with Gasteiger partial charge in [-0.05, 0) is 48.0 Å². The van der Waals surface area contributed by atoms with Gasteiger partial charge >= 0.3 is 0 Å². The number of amides is 1. The SMILES string of the molecule is CN1CCOc2c(-c3ccc4cnc(CNC(=O)c5ccc6c(c5)S(=O)(=O)CCOC6)cc4n3)cccc21. The van der Waals surface area contributed by atoms with Crippen LogP contribution in [0.25, 0.3) is 22.2 Å². The van der Waals surface area contributed by atoms with Crippen LogP contribution in [0, 0.1) is 0 Å². The zero-order valence-corrected chi connectivity index (χ0v) is 21.6. The second-order valence-corrected chi connectivity index (χ2v) is 11.4. The monoisotopic (exact) mass is 530 g/mol. The van der Waals surface area contributed by atoms with Crippen molar-refractivity contribution in [2.24, 2.45) is 0 Å². The normalized spacial score (nSPS) is 16.2. The number of nitrogens with one attached hydrogen (secondary N) is 1. The molecule has 1 N–H and O–H groups in total. The molecule has 0 unspecified atom stereocenters. The van der Waals surface area contributed by atoms with Crippen LogP contribution in [0.4, 0.5) is 5.69 Å². The number of carbonyl (C=O) groups excluding carboxylic acids is 1. The second-order valence-electron chi connectivity index (χ2n) is 9.37. The van der Waals surface area contributed by atoms with Crippen LogP contribution in [-0.2, 0) is 27.7 Å². The quantitative estimate of drug-likeness (QED) is 0.428. The number of benzene rings is 2. The zero-order chi connectivity index (χ0) is 26.3. The van der Waals surface area contributed by atoms with Crippen LogP contribution in [0.15, 0.2) is 65.7 Å². The van der Waals surface area contributed by atoms with E-state index in [1.54, 1.807) is 18.3 Å². The number of hydrogen-bond donors (Lipinski definition) is 1. The molecule has 6 rings (SSSR count). The molecule has 0 fully saturated rings. The molecule has 1 amide bonds. The first-order chi connectivity index (χ1) is 18.4. The molecular formula is C28H26N4O5S. The average molecular weight is 531 g/mol. The highest BCUT2D eigenvalue weighted by Gasteiger charge is 2.24. The molecule has 2 aromatic heterocycles. The van der Waals surface area contributed by atoms with Crippen molar-refractivity contribution >= 4 is 32.3 Å². The molecule has 194 valence electrons. The van der Waals surface area contributed by atoms with Crippen molar-refractivity contribution in [1.82, 2.24) is 15.3 Å². The maximum absolute atomic E-state index is 12.9. The van der Waals surface area contributed by atoms with E-state index in [1.807, 2.05) is 43.4 Å². The molecule has 0 spiro atoms. The highest BCUT2D eigenvalue weighted by molar-refractivity contribution is 7.91. The average Bonchev–Trinajstić information content (AvgIpc) is 3.08. The molecule has 0 atom stereocenters. The third-order valence-corrected chi connectivity index (χ3v) is 8.59. The van der Waals surface area contributed by atoms with Gasteiger partial charge in [0, 0.05) is 29.8 Å². The molecule has 0 saturated carbocycles. The van der Waals surface area contributed by atoms with E-state index in [0.717, 1.165) is 40.1 Å². The second kappa shape index (κ2) is 9.70. The number of likely N-dealkylation sites (N-methyl/N-ethyl adjacent to an activating group) is 1. The number of fused-ring (bicyclic) bond motifs is 3. The minimum atomic E-state index is -3.50. The lowest BCUT2D eigenvalue weighted by atomic mass is 10.1. The van der Waals surface area contributed by atoms with E-state index in [9.17, 15) is 13.2 Å². The Bertz CT molecular complexity index is 1670. The van der Waals surface area contributed by atoms with Gasteiger partial charge in [-0.3, -0.25) is 9.78 Å². The maximum atomic E-state index is 12.9. The molecule has 2 aliphatic rings. The fourth-order valence-corrected chi connectivity index (χ4v) is 6.12. The van der Waals surface area contributed by atoms with Crippen molar-refractivity contribution in [3.63, 3.8) is 0 Å². The van der Waals surface area contributed by atoms with E-state index < -0.39 is 9.84 Å². The molecular weight excluding hydrogens is 504 g/mol. The van der Waals surface area contributed by atoms with Crippen LogP contribution in [0.5, 0.6) is 5.75 Å². The van der Waals surface area contributed by atoms with Gasteiger partial charge in [0.05, 0.1) is 59.5 Å². The van der Waals surface area contributed by atoms with Gasteiger partial charge in [0.2, 0.25) is 0 Å². The van der Waals surface area contributed by atoms with Crippen LogP contribution in [0.3, 0.4) is 0 Å². The lowest BCUT2D eigenvalue weighted by molar-refractivity contribution is 0.0950. The van der Waals surface area contributed by atoms with Gasteiger partial charge in [-0.2, -0.15) is 0 Å². The van der Waals surface area contributed by atoms with Gasteiger partial charge in [-0.25, -0.2) is 13.4 Å². The van der Waals surface area contributed by atoms with Gasteiger partial charge in [-0.1, -0.05) is 12.1 Å². The topological polar surface area (TPSA) is 111 Å². The molecule has 10 heteroatoms. The number of anilines is 1. The summed E-state index contributed by atoms with van der Waals surface area (Å²) < 4.78 is 36.5. The minimum Gasteiger partial charge on any atom is -0.489 e. The van der Waals surface area contributed by atoms with Crippen molar-refractivity contribution in [3.8, 4) is 17.0 Å².